The Morgan fingerprint density at radius 3 is 2.44 bits per heavy atom. The number of benzene rings is 2. The molecule has 0 aliphatic rings. The lowest BCUT2D eigenvalue weighted by atomic mass is 10.2. The van der Waals surface area contributed by atoms with Crippen molar-refractivity contribution in [2.24, 2.45) is 0 Å². The summed E-state index contributed by atoms with van der Waals surface area (Å²) in [5.74, 6) is 1.25. The van der Waals surface area contributed by atoms with Gasteiger partial charge in [0.1, 0.15) is 23.9 Å². The van der Waals surface area contributed by atoms with Crippen LogP contribution in [0.1, 0.15) is 5.56 Å². The summed E-state index contributed by atoms with van der Waals surface area (Å²) in [4.78, 5) is 0. The molecule has 0 spiro atoms. The number of halogens is 2. The molecule has 0 amide bonds. The Kier molecular flexibility index (Phi) is 4.41. The standard InChI is InChI=1S/C14H12FIO2/c1-17-12-5-2-10(3-6-12)9-18-14-7-4-11(15)8-13(14)16/h2-8H,9H2,1H3. The third kappa shape index (κ3) is 3.35. The van der Waals surface area contributed by atoms with E-state index in [0.717, 1.165) is 14.9 Å². The summed E-state index contributed by atoms with van der Waals surface area (Å²) in [6, 6.07) is 12.1. The summed E-state index contributed by atoms with van der Waals surface area (Å²) in [5.41, 5.74) is 1.04. The second-order valence-electron chi connectivity index (χ2n) is 3.71. The first-order valence-corrected chi connectivity index (χ1v) is 6.47. The van der Waals surface area contributed by atoms with Gasteiger partial charge in [0.05, 0.1) is 10.7 Å². The number of rotatable bonds is 4. The van der Waals surface area contributed by atoms with E-state index in [1.165, 1.54) is 12.1 Å². The van der Waals surface area contributed by atoms with Gasteiger partial charge in [-0.2, -0.15) is 0 Å². The van der Waals surface area contributed by atoms with E-state index in [9.17, 15) is 4.39 Å². The molecule has 18 heavy (non-hydrogen) atoms. The van der Waals surface area contributed by atoms with Crippen molar-refractivity contribution in [1.82, 2.24) is 0 Å². The number of hydrogen-bond acceptors (Lipinski definition) is 2. The molecule has 0 bridgehead atoms. The average Bonchev–Trinajstić information content (AvgIpc) is 2.38. The highest BCUT2D eigenvalue weighted by atomic mass is 127. The maximum atomic E-state index is 12.9. The summed E-state index contributed by atoms with van der Waals surface area (Å²) in [6.45, 7) is 0.450. The third-order valence-corrected chi connectivity index (χ3v) is 3.29. The van der Waals surface area contributed by atoms with Gasteiger partial charge in [-0.05, 0) is 58.5 Å². The summed E-state index contributed by atoms with van der Waals surface area (Å²) >= 11 is 2.06. The van der Waals surface area contributed by atoms with E-state index in [2.05, 4.69) is 22.6 Å². The normalized spacial score (nSPS) is 10.2. The van der Waals surface area contributed by atoms with Crippen LogP contribution in [-0.4, -0.2) is 7.11 Å². The minimum absolute atomic E-state index is 0.254. The fraction of sp³-hybridized carbons (Fsp3) is 0.143. The van der Waals surface area contributed by atoms with Gasteiger partial charge < -0.3 is 9.47 Å². The fourth-order valence-electron chi connectivity index (χ4n) is 1.48. The molecule has 94 valence electrons. The van der Waals surface area contributed by atoms with Crippen LogP contribution in [0.15, 0.2) is 42.5 Å². The molecule has 4 heteroatoms. The Labute approximate surface area is 119 Å². The molecule has 0 atom stereocenters. The predicted octanol–water partition coefficient (Wildman–Crippen LogP) is 4.02. The quantitative estimate of drug-likeness (QED) is 0.769. The van der Waals surface area contributed by atoms with Gasteiger partial charge in [0.25, 0.3) is 0 Å². The van der Waals surface area contributed by atoms with Gasteiger partial charge in [0, 0.05) is 0 Å². The van der Waals surface area contributed by atoms with Crippen LogP contribution < -0.4 is 9.47 Å². The van der Waals surface area contributed by atoms with Gasteiger partial charge in [0.2, 0.25) is 0 Å². The maximum absolute atomic E-state index is 12.9. The molecule has 0 unspecified atom stereocenters. The lowest BCUT2D eigenvalue weighted by Crippen LogP contribution is -1.97. The lowest BCUT2D eigenvalue weighted by Gasteiger charge is -2.08. The fourth-order valence-corrected chi connectivity index (χ4v) is 2.11. The van der Waals surface area contributed by atoms with Crippen molar-refractivity contribution in [1.29, 1.82) is 0 Å². The van der Waals surface area contributed by atoms with Gasteiger partial charge in [-0.3, -0.25) is 0 Å². The van der Waals surface area contributed by atoms with Crippen LogP contribution in [0.3, 0.4) is 0 Å². The Morgan fingerprint density at radius 1 is 1.11 bits per heavy atom. The van der Waals surface area contributed by atoms with Crippen molar-refractivity contribution in [3.63, 3.8) is 0 Å². The number of hydrogen-bond donors (Lipinski definition) is 0. The highest BCUT2D eigenvalue weighted by Gasteiger charge is 2.03. The summed E-state index contributed by atoms with van der Waals surface area (Å²) < 4.78 is 24.4. The van der Waals surface area contributed by atoms with Crippen molar-refractivity contribution < 1.29 is 13.9 Å². The molecule has 0 saturated heterocycles. The highest BCUT2D eigenvalue weighted by Crippen LogP contribution is 2.22. The second kappa shape index (κ2) is 6.04. The van der Waals surface area contributed by atoms with Crippen LogP contribution in [0.4, 0.5) is 4.39 Å². The Balaban J connectivity index is 2.02. The molecule has 2 aromatic rings. The molecule has 0 aliphatic heterocycles. The van der Waals surface area contributed by atoms with Crippen molar-refractivity contribution in [2.75, 3.05) is 7.11 Å². The first-order valence-electron chi connectivity index (χ1n) is 5.40. The van der Waals surface area contributed by atoms with E-state index < -0.39 is 0 Å². The van der Waals surface area contributed by atoms with Gasteiger partial charge in [-0.15, -0.1) is 0 Å². The molecule has 0 saturated carbocycles. The van der Waals surface area contributed by atoms with Crippen molar-refractivity contribution in [3.8, 4) is 11.5 Å². The predicted molar refractivity (Wildman–Crippen MR) is 76.4 cm³/mol. The Morgan fingerprint density at radius 2 is 1.83 bits per heavy atom. The number of methoxy groups -OCH3 is 1. The molecular weight excluding hydrogens is 346 g/mol. The van der Waals surface area contributed by atoms with E-state index >= 15 is 0 Å². The molecule has 0 aliphatic carbocycles. The van der Waals surface area contributed by atoms with Crippen LogP contribution in [0.5, 0.6) is 11.5 Å². The van der Waals surface area contributed by atoms with Gasteiger partial charge in [0.15, 0.2) is 0 Å². The molecule has 2 rings (SSSR count). The molecule has 0 heterocycles. The molecular formula is C14H12FIO2. The first-order chi connectivity index (χ1) is 8.69. The molecule has 2 nitrogen and oxygen atoms in total. The van der Waals surface area contributed by atoms with Gasteiger partial charge in [-0.25, -0.2) is 4.39 Å². The average molecular weight is 358 g/mol. The summed E-state index contributed by atoms with van der Waals surface area (Å²) in [5, 5.41) is 0. The van der Waals surface area contributed by atoms with E-state index in [0.29, 0.717) is 12.4 Å². The van der Waals surface area contributed by atoms with Crippen LogP contribution >= 0.6 is 22.6 Å². The summed E-state index contributed by atoms with van der Waals surface area (Å²) in [7, 11) is 1.63. The van der Waals surface area contributed by atoms with Crippen molar-refractivity contribution in [2.45, 2.75) is 6.61 Å². The zero-order chi connectivity index (χ0) is 13.0. The monoisotopic (exact) mass is 358 g/mol. The zero-order valence-electron chi connectivity index (χ0n) is 9.82. The van der Waals surface area contributed by atoms with Crippen LogP contribution in [0, 0.1) is 9.39 Å². The van der Waals surface area contributed by atoms with E-state index in [-0.39, 0.29) is 5.82 Å². The maximum Gasteiger partial charge on any atom is 0.133 e. The van der Waals surface area contributed by atoms with E-state index in [1.54, 1.807) is 13.2 Å². The SMILES string of the molecule is COc1ccc(COc2ccc(F)cc2I)cc1. The van der Waals surface area contributed by atoms with Crippen molar-refractivity contribution in [3.05, 3.63) is 57.4 Å². The lowest BCUT2D eigenvalue weighted by molar-refractivity contribution is 0.303. The van der Waals surface area contributed by atoms with Crippen LogP contribution in [0.2, 0.25) is 0 Å². The van der Waals surface area contributed by atoms with Gasteiger partial charge in [-0.1, -0.05) is 12.1 Å². The largest absolute Gasteiger partial charge is 0.497 e. The summed E-state index contributed by atoms with van der Waals surface area (Å²) in [6.07, 6.45) is 0. The highest BCUT2D eigenvalue weighted by molar-refractivity contribution is 14.1. The molecule has 0 fully saturated rings. The van der Waals surface area contributed by atoms with Crippen molar-refractivity contribution >= 4 is 22.6 Å². The Hall–Kier alpha value is -1.30. The minimum atomic E-state index is -0.254. The Bertz CT molecular complexity index is 526. The molecule has 2 aromatic carbocycles. The topological polar surface area (TPSA) is 18.5 Å². The van der Waals surface area contributed by atoms with Gasteiger partial charge >= 0.3 is 0 Å². The first kappa shape index (κ1) is 13.1. The third-order valence-electron chi connectivity index (χ3n) is 2.45. The van der Waals surface area contributed by atoms with E-state index in [1.807, 2.05) is 24.3 Å². The smallest absolute Gasteiger partial charge is 0.133 e. The molecule has 0 N–H and O–H groups in total. The van der Waals surface area contributed by atoms with Crippen LogP contribution in [0.25, 0.3) is 0 Å². The molecule has 0 radical (unpaired) electrons. The molecule has 0 aromatic heterocycles. The van der Waals surface area contributed by atoms with E-state index in [4.69, 9.17) is 9.47 Å². The second-order valence-corrected chi connectivity index (χ2v) is 4.87. The number of ether oxygens (including phenoxy) is 2. The zero-order valence-corrected chi connectivity index (χ0v) is 12.0. The minimum Gasteiger partial charge on any atom is -0.497 e. The van der Waals surface area contributed by atoms with Crippen LogP contribution in [-0.2, 0) is 6.61 Å².